The molecule has 1 N–H and O–H groups in total. The number of ether oxygens (including phenoxy) is 2. The van der Waals surface area contributed by atoms with Gasteiger partial charge in [0.05, 0.1) is 14.2 Å². The first-order valence-electron chi connectivity index (χ1n) is 11.7. The van der Waals surface area contributed by atoms with Gasteiger partial charge in [0.1, 0.15) is 23.1 Å². The number of hydrogen-bond donors (Lipinski definition) is 1. The summed E-state index contributed by atoms with van der Waals surface area (Å²) >= 11 is 0. The van der Waals surface area contributed by atoms with Crippen LogP contribution in [0.2, 0.25) is 0 Å². The zero-order valence-corrected chi connectivity index (χ0v) is 20.9. The Bertz CT molecular complexity index is 1490. The second-order valence-electron chi connectivity index (χ2n) is 8.13. The minimum Gasteiger partial charge on any atom is -0.497 e. The molecule has 0 aromatic heterocycles. The molecule has 0 atom stereocenters. The number of rotatable bonds is 7. The Labute approximate surface area is 221 Å². The first kappa shape index (κ1) is 25.6. The zero-order valence-electron chi connectivity index (χ0n) is 20.9. The smallest absolute Gasteiger partial charge is 0.346 e. The molecule has 4 rings (SSSR count). The number of carboxylic acid groups (broad SMARTS) is 1. The predicted octanol–water partition coefficient (Wildman–Crippen LogP) is 6.56. The molecule has 4 aromatic rings. The van der Waals surface area contributed by atoms with Gasteiger partial charge in [-0.3, -0.25) is 0 Å². The lowest BCUT2D eigenvalue weighted by molar-refractivity contribution is -0.132. The number of carbonyl (C=O) groups is 1. The van der Waals surface area contributed by atoms with E-state index in [-0.39, 0.29) is 5.57 Å². The van der Waals surface area contributed by atoms with E-state index < -0.39 is 5.97 Å². The highest BCUT2D eigenvalue weighted by molar-refractivity contribution is 5.96. The molecule has 186 valence electrons. The van der Waals surface area contributed by atoms with Crippen LogP contribution in [0.25, 0.3) is 6.08 Å². The van der Waals surface area contributed by atoms with Crippen molar-refractivity contribution in [3.05, 3.63) is 119 Å². The van der Waals surface area contributed by atoms with Crippen molar-refractivity contribution in [3.8, 4) is 29.4 Å². The van der Waals surface area contributed by atoms with Gasteiger partial charge in [0, 0.05) is 28.2 Å². The predicted molar refractivity (Wildman–Crippen MR) is 148 cm³/mol. The van der Waals surface area contributed by atoms with Crippen LogP contribution in [-0.4, -0.2) is 25.3 Å². The summed E-state index contributed by atoms with van der Waals surface area (Å²) in [6.45, 7) is 0. The molecule has 0 radical (unpaired) electrons. The van der Waals surface area contributed by atoms with Crippen LogP contribution < -0.4 is 14.4 Å². The molecule has 0 aliphatic carbocycles. The van der Waals surface area contributed by atoms with E-state index in [0.29, 0.717) is 5.56 Å². The Balaban J connectivity index is 1.58. The SMILES string of the molecule is COc1ccc(N(c2ccc(C#Cc3ccc(C=C(C#N)C(=O)O)cc3)cc2)c2ccc(OC)cc2)cc1. The fourth-order valence-electron chi connectivity index (χ4n) is 3.72. The summed E-state index contributed by atoms with van der Waals surface area (Å²) in [7, 11) is 3.29. The fourth-order valence-corrected chi connectivity index (χ4v) is 3.72. The van der Waals surface area contributed by atoms with E-state index in [4.69, 9.17) is 19.8 Å². The minimum absolute atomic E-state index is 0.317. The molecule has 0 amide bonds. The van der Waals surface area contributed by atoms with Crippen LogP contribution in [0.1, 0.15) is 16.7 Å². The summed E-state index contributed by atoms with van der Waals surface area (Å²) in [5.41, 5.74) is 4.85. The van der Waals surface area contributed by atoms with Crippen molar-refractivity contribution in [2.45, 2.75) is 0 Å². The lowest BCUT2D eigenvalue weighted by Crippen LogP contribution is -2.09. The molecule has 38 heavy (non-hydrogen) atoms. The van der Waals surface area contributed by atoms with Crippen LogP contribution in [0.3, 0.4) is 0 Å². The van der Waals surface area contributed by atoms with Gasteiger partial charge in [-0.05, 0) is 96.6 Å². The number of benzene rings is 4. The highest BCUT2D eigenvalue weighted by Crippen LogP contribution is 2.36. The molecule has 0 saturated carbocycles. The van der Waals surface area contributed by atoms with E-state index in [1.54, 1.807) is 44.6 Å². The van der Waals surface area contributed by atoms with Gasteiger partial charge >= 0.3 is 5.97 Å². The lowest BCUT2D eigenvalue weighted by atomic mass is 10.1. The van der Waals surface area contributed by atoms with Crippen LogP contribution in [0.15, 0.2) is 103 Å². The summed E-state index contributed by atoms with van der Waals surface area (Å²) in [4.78, 5) is 13.1. The fraction of sp³-hybridized carbons (Fsp3) is 0.0625. The molecule has 6 heteroatoms. The molecule has 0 unspecified atom stereocenters. The molecule has 0 saturated heterocycles. The number of hydrogen-bond acceptors (Lipinski definition) is 5. The Morgan fingerprint density at radius 2 is 1.11 bits per heavy atom. The normalized spacial score (nSPS) is 10.5. The van der Waals surface area contributed by atoms with Gasteiger partial charge in [0.2, 0.25) is 0 Å². The Morgan fingerprint density at radius 1 is 0.711 bits per heavy atom. The number of methoxy groups -OCH3 is 2. The van der Waals surface area contributed by atoms with E-state index in [9.17, 15) is 4.79 Å². The van der Waals surface area contributed by atoms with Gasteiger partial charge < -0.3 is 19.5 Å². The summed E-state index contributed by atoms with van der Waals surface area (Å²) < 4.78 is 10.6. The first-order chi connectivity index (χ1) is 18.5. The van der Waals surface area contributed by atoms with E-state index in [1.165, 1.54) is 6.08 Å². The van der Waals surface area contributed by atoms with E-state index >= 15 is 0 Å². The molecule has 0 heterocycles. The Hall–Kier alpha value is -5.46. The molecule has 0 bridgehead atoms. The van der Waals surface area contributed by atoms with Crippen LogP contribution in [-0.2, 0) is 4.79 Å². The number of anilines is 3. The van der Waals surface area contributed by atoms with Crippen LogP contribution >= 0.6 is 0 Å². The quantitative estimate of drug-likeness (QED) is 0.176. The molecular formula is C32H24N2O4. The lowest BCUT2D eigenvalue weighted by Gasteiger charge is -2.25. The summed E-state index contributed by atoms with van der Waals surface area (Å²) in [5.74, 6) is 6.60. The van der Waals surface area contributed by atoms with Gasteiger partial charge in [0.25, 0.3) is 0 Å². The molecular weight excluding hydrogens is 476 g/mol. The van der Waals surface area contributed by atoms with Crippen molar-refractivity contribution in [2.75, 3.05) is 19.1 Å². The maximum absolute atomic E-state index is 11.0. The standard InChI is InChI=1S/C32H24N2O4/c1-37-30-17-13-28(14-18-30)34(29-15-19-31(38-2)20-16-29)27-11-9-24(10-12-27)4-3-23-5-7-25(8-6-23)21-26(22-33)32(35)36/h5-21H,1-2H3,(H,35,36). The minimum atomic E-state index is -1.25. The third kappa shape index (κ3) is 6.20. The third-order valence-corrected chi connectivity index (χ3v) is 5.71. The van der Waals surface area contributed by atoms with Gasteiger partial charge in [0.15, 0.2) is 0 Å². The van der Waals surface area contributed by atoms with Gasteiger partial charge in [-0.25, -0.2) is 4.79 Å². The van der Waals surface area contributed by atoms with Crippen molar-refractivity contribution in [1.82, 2.24) is 0 Å². The summed E-state index contributed by atoms with van der Waals surface area (Å²) in [6, 6.07) is 32.4. The third-order valence-electron chi connectivity index (χ3n) is 5.71. The second kappa shape index (κ2) is 12.0. The topological polar surface area (TPSA) is 82.8 Å². The van der Waals surface area contributed by atoms with Crippen LogP contribution in [0, 0.1) is 23.2 Å². The zero-order chi connectivity index (χ0) is 26.9. The van der Waals surface area contributed by atoms with Gasteiger partial charge in [-0.15, -0.1) is 0 Å². The van der Waals surface area contributed by atoms with Gasteiger partial charge in [-0.1, -0.05) is 24.0 Å². The molecule has 0 aliphatic heterocycles. The Morgan fingerprint density at radius 3 is 1.47 bits per heavy atom. The number of aliphatic carboxylic acids is 1. The highest BCUT2D eigenvalue weighted by Gasteiger charge is 2.13. The average molecular weight is 501 g/mol. The molecule has 0 aliphatic rings. The monoisotopic (exact) mass is 500 g/mol. The molecule has 0 fully saturated rings. The number of nitriles is 1. The second-order valence-corrected chi connectivity index (χ2v) is 8.13. The average Bonchev–Trinajstić information content (AvgIpc) is 2.96. The molecule has 4 aromatic carbocycles. The van der Waals surface area contributed by atoms with Crippen molar-refractivity contribution >= 4 is 29.1 Å². The molecule has 6 nitrogen and oxygen atoms in total. The van der Waals surface area contributed by atoms with Crippen LogP contribution in [0.5, 0.6) is 11.5 Å². The summed E-state index contributed by atoms with van der Waals surface area (Å²) in [6.07, 6.45) is 1.33. The van der Waals surface area contributed by atoms with Crippen molar-refractivity contribution in [1.29, 1.82) is 5.26 Å². The maximum atomic E-state index is 11.0. The van der Waals surface area contributed by atoms with E-state index in [2.05, 4.69) is 16.7 Å². The van der Waals surface area contributed by atoms with E-state index in [1.807, 2.05) is 72.8 Å². The van der Waals surface area contributed by atoms with Crippen molar-refractivity contribution in [2.24, 2.45) is 0 Å². The Kier molecular flexibility index (Phi) is 8.08. The van der Waals surface area contributed by atoms with Crippen molar-refractivity contribution < 1.29 is 19.4 Å². The van der Waals surface area contributed by atoms with Crippen molar-refractivity contribution in [3.63, 3.8) is 0 Å². The summed E-state index contributed by atoms with van der Waals surface area (Å²) in [5, 5.41) is 17.9. The first-order valence-corrected chi connectivity index (χ1v) is 11.7. The van der Waals surface area contributed by atoms with E-state index in [0.717, 1.165) is 39.7 Å². The number of nitrogens with zero attached hydrogens (tertiary/aromatic N) is 2. The largest absolute Gasteiger partial charge is 0.497 e. The maximum Gasteiger partial charge on any atom is 0.346 e. The van der Waals surface area contributed by atoms with Gasteiger partial charge in [-0.2, -0.15) is 5.26 Å². The molecule has 0 spiro atoms. The van der Waals surface area contributed by atoms with Crippen LogP contribution in [0.4, 0.5) is 17.1 Å². The highest BCUT2D eigenvalue weighted by atomic mass is 16.5. The number of carboxylic acids is 1.